The average molecular weight is 342 g/mol. The Labute approximate surface area is 124 Å². The summed E-state index contributed by atoms with van der Waals surface area (Å²) in [6, 6.07) is 1.72. The van der Waals surface area contributed by atoms with Crippen LogP contribution in [0.25, 0.3) is 5.69 Å². The summed E-state index contributed by atoms with van der Waals surface area (Å²) >= 11 is 11.6. The van der Waals surface area contributed by atoms with E-state index in [4.69, 9.17) is 28.3 Å². The number of alkyl halides is 3. The van der Waals surface area contributed by atoms with Crippen molar-refractivity contribution >= 4 is 29.2 Å². The van der Waals surface area contributed by atoms with E-state index >= 15 is 0 Å². The zero-order valence-electron chi connectivity index (χ0n) is 9.73. The van der Waals surface area contributed by atoms with Gasteiger partial charge in [-0.15, -0.1) is 23.1 Å². The smallest absolute Gasteiger partial charge is 0.476 e. The molecule has 2 aromatic rings. The molecule has 112 valence electrons. The van der Waals surface area contributed by atoms with Crippen LogP contribution in [-0.4, -0.2) is 32.4 Å². The van der Waals surface area contributed by atoms with Gasteiger partial charge in [-0.1, -0.05) is 23.2 Å². The van der Waals surface area contributed by atoms with E-state index in [0.717, 1.165) is 23.1 Å². The Morgan fingerprint density at radius 3 is 2.29 bits per heavy atom. The van der Waals surface area contributed by atoms with Crippen molar-refractivity contribution in [1.29, 1.82) is 0 Å². The van der Waals surface area contributed by atoms with Crippen LogP contribution in [0.1, 0.15) is 10.5 Å². The molecule has 0 unspecified atom stereocenters. The van der Waals surface area contributed by atoms with Crippen molar-refractivity contribution in [2.24, 2.45) is 0 Å². The van der Waals surface area contributed by atoms with E-state index in [1.54, 1.807) is 0 Å². The number of hydrogen-bond acceptors (Lipinski definition) is 4. The van der Waals surface area contributed by atoms with Crippen molar-refractivity contribution in [3.63, 3.8) is 0 Å². The van der Waals surface area contributed by atoms with Gasteiger partial charge in [0.1, 0.15) is 11.4 Å². The van der Waals surface area contributed by atoms with E-state index in [-0.39, 0.29) is 21.4 Å². The first-order valence-corrected chi connectivity index (χ1v) is 5.84. The number of aromatic nitrogens is 3. The second-order valence-corrected chi connectivity index (χ2v) is 4.42. The summed E-state index contributed by atoms with van der Waals surface area (Å²) in [4.78, 5) is 11.5. The molecule has 0 aliphatic heterocycles. The van der Waals surface area contributed by atoms with E-state index in [1.165, 1.54) is 0 Å². The largest absolute Gasteiger partial charge is 0.573 e. The van der Waals surface area contributed by atoms with Crippen molar-refractivity contribution in [2.75, 3.05) is 0 Å². The number of carboxylic acid groups (broad SMARTS) is 1. The van der Waals surface area contributed by atoms with Crippen LogP contribution < -0.4 is 4.74 Å². The molecule has 0 radical (unpaired) electrons. The number of carbonyl (C=O) groups is 1. The number of ether oxygens (including phenoxy) is 1. The minimum absolute atomic E-state index is 0.0691. The van der Waals surface area contributed by atoms with Crippen molar-refractivity contribution in [1.82, 2.24) is 15.0 Å². The first-order valence-electron chi connectivity index (χ1n) is 5.08. The lowest BCUT2D eigenvalue weighted by molar-refractivity contribution is -0.274. The number of hydrogen-bond donors (Lipinski definition) is 1. The average Bonchev–Trinajstić information content (AvgIpc) is 2.74. The first kappa shape index (κ1) is 15.4. The number of halogens is 5. The number of benzene rings is 1. The first-order chi connectivity index (χ1) is 9.67. The standard InChI is InChI=1S/C10H4Cl2F3N3O3/c11-5-1-4(21-10(13,14)15)2-6(12)8(5)18-16-3-7(17-18)9(19)20/h1-3H,(H,19,20). The molecule has 0 amide bonds. The quantitative estimate of drug-likeness (QED) is 0.927. The molecule has 0 bridgehead atoms. The van der Waals surface area contributed by atoms with Gasteiger partial charge in [0, 0.05) is 12.1 Å². The van der Waals surface area contributed by atoms with Gasteiger partial charge in [0.05, 0.1) is 16.2 Å². The maximum atomic E-state index is 12.1. The third kappa shape index (κ3) is 3.56. The molecular formula is C10H4Cl2F3N3O3. The maximum absolute atomic E-state index is 12.1. The zero-order valence-corrected chi connectivity index (χ0v) is 11.2. The van der Waals surface area contributed by atoms with E-state index in [1.807, 2.05) is 0 Å². The fraction of sp³-hybridized carbons (Fsp3) is 0.100. The summed E-state index contributed by atoms with van der Waals surface area (Å²) in [6.45, 7) is 0. The predicted octanol–water partition coefficient (Wildman–Crippen LogP) is 3.17. The zero-order chi connectivity index (χ0) is 15.8. The summed E-state index contributed by atoms with van der Waals surface area (Å²) in [5.74, 6) is -1.95. The highest BCUT2D eigenvalue weighted by molar-refractivity contribution is 6.38. The van der Waals surface area contributed by atoms with Gasteiger partial charge in [0.25, 0.3) is 0 Å². The van der Waals surface area contributed by atoms with Crippen molar-refractivity contribution in [3.8, 4) is 11.4 Å². The molecular weight excluding hydrogens is 338 g/mol. The Morgan fingerprint density at radius 1 is 1.29 bits per heavy atom. The maximum Gasteiger partial charge on any atom is 0.573 e. The Hall–Kier alpha value is -2.00. The Kier molecular flexibility index (Phi) is 3.97. The third-order valence-electron chi connectivity index (χ3n) is 2.13. The van der Waals surface area contributed by atoms with Gasteiger partial charge in [-0.2, -0.15) is 5.10 Å². The topological polar surface area (TPSA) is 77.2 Å². The molecule has 1 heterocycles. The normalized spacial score (nSPS) is 11.5. The highest BCUT2D eigenvalue weighted by Gasteiger charge is 2.31. The van der Waals surface area contributed by atoms with Crippen molar-refractivity contribution in [3.05, 3.63) is 34.1 Å². The highest BCUT2D eigenvalue weighted by atomic mass is 35.5. The van der Waals surface area contributed by atoms with Gasteiger partial charge in [-0.25, -0.2) is 4.79 Å². The van der Waals surface area contributed by atoms with E-state index < -0.39 is 18.1 Å². The fourth-order valence-corrected chi connectivity index (χ4v) is 2.01. The van der Waals surface area contributed by atoms with E-state index in [0.29, 0.717) is 0 Å². The summed E-state index contributed by atoms with van der Waals surface area (Å²) in [6.07, 6.45) is -3.95. The molecule has 11 heteroatoms. The molecule has 1 N–H and O–H groups in total. The molecule has 0 aliphatic carbocycles. The molecule has 0 aliphatic rings. The van der Waals surface area contributed by atoms with Crippen LogP contribution in [0.15, 0.2) is 18.3 Å². The lowest BCUT2D eigenvalue weighted by Gasteiger charge is -2.11. The van der Waals surface area contributed by atoms with Crippen molar-refractivity contribution in [2.45, 2.75) is 6.36 Å². The lowest BCUT2D eigenvalue weighted by atomic mass is 10.3. The monoisotopic (exact) mass is 341 g/mol. The minimum Gasteiger partial charge on any atom is -0.476 e. The van der Waals surface area contributed by atoms with Gasteiger partial charge in [-0.05, 0) is 0 Å². The van der Waals surface area contributed by atoms with Gasteiger partial charge in [0.2, 0.25) is 0 Å². The van der Waals surface area contributed by atoms with Crippen LogP contribution in [0.2, 0.25) is 10.0 Å². The Bertz CT molecular complexity index is 679. The molecule has 6 nitrogen and oxygen atoms in total. The summed E-state index contributed by atoms with van der Waals surface area (Å²) in [5.41, 5.74) is -0.446. The molecule has 1 aromatic carbocycles. The van der Waals surface area contributed by atoms with Crippen LogP contribution >= 0.6 is 23.2 Å². The SMILES string of the molecule is O=C(O)c1cnn(-c2c(Cl)cc(OC(F)(F)F)cc2Cl)n1. The molecule has 0 saturated heterocycles. The van der Waals surface area contributed by atoms with Gasteiger partial charge < -0.3 is 9.84 Å². The van der Waals surface area contributed by atoms with Crippen LogP contribution in [0, 0.1) is 0 Å². The number of rotatable bonds is 3. The predicted molar refractivity (Wildman–Crippen MR) is 65.0 cm³/mol. The second-order valence-electron chi connectivity index (χ2n) is 3.61. The van der Waals surface area contributed by atoms with Crippen LogP contribution in [-0.2, 0) is 0 Å². The summed E-state index contributed by atoms with van der Waals surface area (Å²) in [7, 11) is 0. The van der Waals surface area contributed by atoms with Crippen LogP contribution in [0.3, 0.4) is 0 Å². The third-order valence-corrected chi connectivity index (χ3v) is 2.71. The fourth-order valence-electron chi connectivity index (χ4n) is 1.39. The van der Waals surface area contributed by atoms with E-state index in [2.05, 4.69) is 14.9 Å². The van der Waals surface area contributed by atoms with Gasteiger partial charge in [0.15, 0.2) is 5.69 Å². The number of nitrogens with zero attached hydrogens (tertiary/aromatic N) is 3. The molecule has 21 heavy (non-hydrogen) atoms. The Balaban J connectivity index is 2.43. The molecule has 0 atom stereocenters. The van der Waals surface area contributed by atoms with Crippen LogP contribution in [0.5, 0.6) is 5.75 Å². The lowest BCUT2D eigenvalue weighted by Crippen LogP contribution is -2.17. The summed E-state index contributed by atoms with van der Waals surface area (Å²) < 4.78 is 40.0. The molecule has 0 saturated carbocycles. The van der Waals surface area contributed by atoms with Crippen LogP contribution in [0.4, 0.5) is 13.2 Å². The molecule has 0 spiro atoms. The van der Waals surface area contributed by atoms with Gasteiger partial charge >= 0.3 is 12.3 Å². The van der Waals surface area contributed by atoms with Crippen molar-refractivity contribution < 1.29 is 27.8 Å². The number of aromatic carboxylic acids is 1. The number of carboxylic acids is 1. The molecule has 0 fully saturated rings. The summed E-state index contributed by atoms with van der Waals surface area (Å²) in [5, 5.41) is 15.5. The van der Waals surface area contributed by atoms with E-state index in [9.17, 15) is 18.0 Å². The second kappa shape index (κ2) is 5.41. The molecule has 1 aromatic heterocycles. The van der Waals surface area contributed by atoms with Gasteiger partial charge in [-0.3, -0.25) is 0 Å². The highest BCUT2D eigenvalue weighted by Crippen LogP contribution is 2.34. The minimum atomic E-state index is -4.89. The Morgan fingerprint density at radius 2 is 1.86 bits per heavy atom. The molecule has 2 rings (SSSR count).